The van der Waals surface area contributed by atoms with Gasteiger partial charge in [-0.15, -0.1) is 0 Å². The van der Waals surface area contributed by atoms with E-state index in [0.717, 1.165) is 0 Å². The van der Waals surface area contributed by atoms with Crippen molar-refractivity contribution in [2.24, 2.45) is 0 Å². The number of rotatable bonds is 3. The molecule has 1 aliphatic rings. The van der Waals surface area contributed by atoms with E-state index in [0.29, 0.717) is 5.56 Å². The number of hydrogen-bond acceptors (Lipinski definition) is 5. The van der Waals surface area contributed by atoms with Crippen LogP contribution < -0.4 is 0 Å². The minimum atomic E-state index is -3.08. The van der Waals surface area contributed by atoms with Crippen molar-refractivity contribution in [2.75, 3.05) is 17.8 Å². The highest BCUT2D eigenvalue weighted by Crippen LogP contribution is 2.26. The lowest BCUT2D eigenvalue weighted by molar-refractivity contribution is 0.0366. The third kappa shape index (κ3) is 3.05. The van der Waals surface area contributed by atoms with Crippen LogP contribution in [0.3, 0.4) is 0 Å². The van der Waals surface area contributed by atoms with E-state index in [9.17, 15) is 13.2 Å². The Hall–Kier alpha value is -1.01. The normalized spacial score (nSPS) is 25.8. The molecule has 0 bridgehead atoms. The van der Waals surface area contributed by atoms with Crippen LogP contribution >= 0.6 is 11.8 Å². The Morgan fingerprint density at radius 2 is 1.94 bits per heavy atom. The number of thioether (sulfide) groups is 1. The van der Waals surface area contributed by atoms with Crippen LogP contribution in [0, 0.1) is 0 Å². The summed E-state index contributed by atoms with van der Waals surface area (Å²) in [6.07, 6.45) is 1.28. The molecule has 2 atom stereocenters. The Labute approximate surface area is 111 Å². The summed E-state index contributed by atoms with van der Waals surface area (Å²) < 4.78 is 28.3. The highest BCUT2D eigenvalue weighted by atomic mass is 32.2. The molecule has 1 saturated heterocycles. The molecule has 0 amide bonds. The van der Waals surface area contributed by atoms with Gasteiger partial charge in [-0.2, -0.15) is 11.8 Å². The van der Waals surface area contributed by atoms with Crippen molar-refractivity contribution < 1.29 is 17.9 Å². The van der Waals surface area contributed by atoms with Gasteiger partial charge < -0.3 is 4.74 Å². The summed E-state index contributed by atoms with van der Waals surface area (Å²) in [4.78, 5) is 11.8. The molecule has 4 nitrogen and oxygen atoms in total. The molecular weight excluding hydrogens is 272 g/mol. The van der Waals surface area contributed by atoms with Gasteiger partial charge in [-0.25, -0.2) is 13.2 Å². The van der Waals surface area contributed by atoms with Gasteiger partial charge >= 0.3 is 5.97 Å². The number of sulfone groups is 1. The van der Waals surface area contributed by atoms with Crippen LogP contribution in [0.4, 0.5) is 0 Å². The minimum Gasteiger partial charge on any atom is -0.456 e. The molecule has 0 spiro atoms. The maximum Gasteiger partial charge on any atom is 0.338 e. The van der Waals surface area contributed by atoms with E-state index in [1.165, 1.54) is 11.8 Å². The molecule has 0 N–H and O–H groups in total. The molecule has 0 radical (unpaired) electrons. The zero-order valence-corrected chi connectivity index (χ0v) is 11.5. The second-order valence-corrected chi connectivity index (χ2v) is 7.39. The van der Waals surface area contributed by atoms with Crippen LogP contribution in [0.1, 0.15) is 10.4 Å². The van der Waals surface area contributed by atoms with E-state index >= 15 is 0 Å². The molecule has 0 aliphatic carbocycles. The summed E-state index contributed by atoms with van der Waals surface area (Å²) in [5.41, 5.74) is 0.446. The summed E-state index contributed by atoms with van der Waals surface area (Å²) >= 11 is 1.42. The maximum absolute atomic E-state index is 11.8. The van der Waals surface area contributed by atoms with Crippen molar-refractivity contribution in [2.45, 2.75) is 11.4 Å². The van der Waals surface area contributed by atoms with Crippen molar-refractivity contribution in [3.8, 4) is 0 Å². The van der Waals surface area contributed by atoms with Crippen LogP contribution in [0.5, 0.6) is 0 Å². The van der Waals surface area contributed by atoms with Crippen molar-refractivity contribution in [1.29, 1.82) is 0 Å². The molecule has 1 aliphatic heterocycles. The van der Waals surface area contributed by atoms with E-state index in [4.69, 9.17) is 4.74 Å². The average Bonchev–Trinajstić information content (AvgIpc) is 2.65. The van der Waals surface area contributed by atoms with E-state index in [1.54, 1.807) is 24.3 Å². The van der Waals surface area contributed by atoms with Gasteiger partial charge in [-0.3, -0.25) is 0 Å². The summed E-state index contributed by atoms with van der Waals surface area (Å²) in [7, 11) is -3.08. The van der Waals surface area contributed by atoms with Gasteiger partial charge in [-0.1, -0.05) is 18.2 Å². The number of carbonyl (C=O) groups is 1. The molecule has 0 saturated carbocycles. The SMILES string of the molecule is CS[C@@H]1CS(=O)(=O)C[C@@H]1OC(=O)c1ccccc1. The first kappa shape index (κ1) is 13.4. The van der Waals surface area contributed by atoms with Crippen LogP contribution in [0.2, 0.25) is 0 Å². The third-order valence-electron chi connectivity index (χ3n) is 2.82. The van der Waals surface area contributed by atoms with Crippen LogP contribution in [-0.4, -0.2) is 43.5 Å². The first-order chi connectivity index (χ1) is 8.52. The number of benzene rings is 1. The first-order valence-corrected chi connectivity index (χ1v) is 8.62. The first-order valence-electron chi connectivity index (χ1n) is 5.51. The summed E-state index contributed by atoms with van der Waals surface area (Å²) in [6.45, 7) is 0. The third-order valence-corrected chi connectivity index (χ3v) is 5.81. The highest BCUT2D eigenvalue weighted by molar-refractivity contribution is 8.01. The fourth-order valence-corrected chi connectivity index (χ4v) is 5.29. The van der Waals surface area contributed by atoms with Gasteiger partial charge in [0.25, 0.3) is 0 Å². The van der Waals surface area contributed by atoms with Gasteiger partial charge in [0.05, 0.1) is 22.3 Å². The van der Waals surface area contributed by atoms with Crippen molar-refractivity contribution in [1.82, 2.24) is 0 Å². The van der Waals surface area contributed by atoms with Crippen molar-refractivity contribution in [3.05, 3.63) is 35.9 Å². The smallest absolute Gasteiger partial charge is 0.338 e. The van der Waals surface area contributed by atoms with Crippen LogP contribution in [0.25, 0.3) is 0 Å². The van der Waals surface area contributed by atoms with E-state index in [2.05, 4.69) is 0 Å². The lowest BCUT2D eigenvalue weighted by atomic mass is 10.2. The number of ether oxygens (including phenoxy) is 1. The van der Waals surface area contributed by atoms with E-state index < -0.39 is 21.9 Å². The second-order valence-electron chi connectivity index (χ2n) is 4.16. The van der Waals surface area contributed by atoms with Gasteiger partial charge in [0.1, 0.15) is 6.10 Å². The van der Waals surface area contributed by atoms with Crippen LogP contribution in [-0.2, 0) is 14.6 Å². The zero-order chi connectivity index (χ0) is 13.2. The Kier molecular flexibility index (Phi) is 3.97. The lowest BCUT2D eigenvalue weighted by Gasteiger charge is -2.16. The van der Waals surface area contributed by atoms with Crippen molar-refractivity contribution >= 4 is 27.6 Å². The standard InChI is InChI=1S/C12H14O4S2/c1-17-11-8-18(14,15)7-10(11)16-12(13)9-5-3-2-4-6-9/h2-6,10-11H,7-8H2,1H3/t10-,11+/m0/s1. The van der Waals surface area contributed by atoms with E-state index in [1.807, 2.05) is 12.3 Å². The lowest BCUT2D eigenvalue weighted by Crippen LogP contribution is -2.27. The molecule has 1 aromatic carbocycles. The maximum atomic E-state index is 11.8. The average molecular weight is 286 g/mol. The fraction of sp³-hybridized carbons (Fsp3) is 0.417. The Morgan fingerprint density at radius 3 is 2.56 bits per heavy atom. The number of esters is 1. The molecule has 1 heterocycles. The molecule has 6 heteroatoms. The monoisotopic (exact) mass is 286 g/mol. The topological polar surface area (TPSA) is 60.4 Å². The molecule has 1 fully saturated rings. The predicted molar refractivity (Wildman–Crippen MR) is 71.6 cm³/mol. The zero-order valence-electron chi connectivity index (χ0n) is 9.91. The molecule has 18 heavy (non-hydrogen) atoms. The summed E-state index contributed by atoms with van der Waals surface area (Å²) in [6, 6.07) is 8.60. The fourth-order valence-electron chi connectivity index (χ4n) is 1.89. The molecule has 0 unspecified atom stereocenters. The minimum absolute atomic E-state index is 0.0723. The van der Waals surface area contributed by atoms with Gasteiger partial charge in [0, 0.05) is 0 Å². The summed E-state index contributed by atoms with van der Waals surface area (Å²) in [5.74, 6) is -0.449. The van der Waals surface area contributed by atoms with E-state index in [-0.39, 0.29) is 16.8 Å². The quantitative estimate of drug-likeness (QED) is 0.785. The van der Waals surface area contributed by atoms with Gasteiger partial charge in [-0.05, 0) is 18.4 Å². The number of carbonyl (C=O) groups excluding carboxylic acids is 1. The molecular formula is C12H14O4S2. The van der Waals surface area contributed by atoms with Crippen molar-refractivity contribution in [3.63, 3.8) is 0 Å². The largest absolute Gasteiger partial charge is 0.456 e. The van der Waals surface area contributed by atoms with Crippen LogP contribution in [0.15, 0.2) is 30.3 Å². The second kappa shape index (κ2) is 5.32. The Bertz CT molecular complexity index is 524. The number of hydrogen-bond donors (Lipinski definition) is 0. The molecule has 0 aromatic heterocycles. The summed E-state index contributed by atoms with van der Waals surface area (Å²) in [5, 5.41) is -0.164. The Morgan fingerprint density at radius 1 is 1.28 bits per heavy atom. The van der Waals surface area contributed by atoms with Gasteiger partial charge in [0.15, 0.2) is 9.84 Å². The Balaban J connectivity index is 2.08. The van der Waals surface area contributed by atoms with Gasteiger partial charge in [0.2, 0.25) is 0 Å². The predicted octanol–water partition coefficient (Wildman–Crippen LogP) is 1.37. The highest BCUT2D eigenvalue weighted by Gasteiger charge is 2.39. The molecule has 2 rings (SSSR count). The molecule has 1 aromatic rings. The molecule has 98 valence electrons.